The maximum absolute atomic E-state index is 12.0. The van der Waals surface area contributed by atoms with Crippen LogP contribution in [0.25, 0.3) is 0 Å². The Morgan fingerprint density at radius 2 is 1.89 bits per heavy atom. The molecule has 0 aromatic heterocycles. The maximum Gasteiger partial charge on any atom is 0.251 e. The zero-order chi connectivity index (χ0) is 18.9. The Labute approximate surface area is 178 Å². The van der Waals surface area contributed by atoms with E-state index in [-0.39, 0.29) is 29.9 Å². The molecular weight excluding hydrogens is 451 g/mol. The number of rotatable bonds is 7. The zero-order valence-electron chi connectivity index (χ0n) is 16.2. The van der Waals surface area contributed by atoms with E-state index >= 15 is 0 Å². The maximum atomic E-state index is 12.0. The second-order valence-corrected chi connectivity index (χ2v) is 6.56. The highest BCUT2D eigenvalue weighted by Gasteiger charge is 2.05. The molecule has 0 unspecified atom stereocenters. The van der Waals surface area contributed by atoms with Crippen LogP contribution < -0.4 is 16.4 Å². The van der Waals surface area contributed by atoms with Gasteiger partial charge < -0.3 is 16.4 Å². The number of halogens is 1. The highest BCUT2D eigenvalue weighted by Crippen LogP contribution is 2.18. The van der Waals surface area contributed by atoms with Gasteiger partial charge in [-0.15, -0.1) is 24.0 Å². The lowest BCUT2D eigenvalue weighted by Crippen LogP contribution is -2.24. The van der Waals surface area contributed by atoms with Crippen LogP contribution in [-0.4, -0.2) is 18.4 Å². The summed E-state index contributed by atoms with van der Waals surface area (Å²) in [5.41, 5.74) is 9.75. The number of anilines is 1. The number of carbonyl (C=O) groups excluding carboxylic acids is 1. The summed E-state index contributed by atoms with van der Waals surface area (Å²) in [5.74, 6) is 0.748. The Balaban J connectivity index is 0.00000364. The molecule has 0 bridgehead atoms. The Morgan fingerprint density at radius 3 is 2.59 bits per heavy atom. The van der Waals surface area contributed by atoms with Crippen molar-refractivity contribution in [3.8, 4) is 0 Å². The van der Waals surface area contributed by atoms with Gasteiger partial charge in [-0.05, 0) is 47.7 Å². The van der Waals surface area contributed by atoms with Crippen molar-refractivity contribution < 1.29 is 4.79 Å². The first-order chi connectivity index (χ1) is 12.5. The first kappa shape index (κ1) is 23.0. The van der Waals surface area contributed by atoms with Crippen molar-refractivity contribution in [3.05, 3.63) is 65.2 Å². The Kier molecular flexibility index (Phi) is 9.85. The summed E-state index contributed by atoms with van der Waals surface area (Å²) in [6.45, 7) is 7.42. The van der Waals surface area contributed by atoms with E-state index in [1.54, 1.807) is 6.07 Å². The molecule has 2 aromatic carbocycles. The molecule has 0 radical (unpaired) electrons. The third-order valence-corrected chi connectivity index (χ3v) is 3.98. The van der Waals surface area contributed by atoms with Crippen LogP contribution in [0.15, 0.2) is 53.5 Å². The molecule has 0 spiro atoms. The zero-order valence-corrected chi connectivity index (χ0v) is 18.5. The molecular formula is C21H29IN4O. The Hall–Kier alpha value is -2.09. The third-order valence-electron chi connectivity index (χ3n) is 3.98. The first-order valence-electron chi connectivity index (χ1n) is 9.03. The summed E-state index contributed by atoms with van der Waals surface area (Å²) in [6.07, 6.45) is 0.913. The van der Waals surface area contributed by atoms with Gasteiger partial charge in [0.15, 0.2) is 5.96 Å². The van der Waals surface area contributed by atoms with Gasteiger partial charge in [-0.3, -0.25) is 4.79 Å². The van der Waals surface area contributed by atoms with Crippen LogP contribution >= 0.6 is 24.0 Å². The van der Waals surface area contributed by atoms with Crippen molar-refractivity contribution >= 4 is 41.5 Å². The standard InChI is InChI=1S/C21H28N4O.HI/c1-4-11-23-20(26)18-9-5-7-16(12-18)14-24-21(22)25-19-10-6-8-17(13-19)15(2)3;/h5-10,12-13,15H,4,11,14H2,1-3H3,(H,23,26)(H3,22,24,25);1H. The van der Waals surface area contributed by atoms with Gasteiger partial charge in [0, 0.05) is 17.8 Å². The summed E-state index contributed by atoms with van der Waals surface area (Å²) in [7, 11) is 0. The third kappa shape index (κ3) is 7.58. The van der Waals surface area contributed by atoms with Crippen LogP contribution in [0.1, 0.15) is 54.6 Å². The summed E-state index contributed by atoms with van der Waals surface area (Å²) < 4.78 is 0. The van der Waals surface area contributed by atoms with Crippen LogP contribution in [0.2, 0.25) is 0 Å². The van der Waals surface area contributed by atoms with Gasteiger partial charge in [-0.25, -0.2) is 4.99 Å². The minimum Gasteiger partial charge on any atom is -0.370 e. The van der Waals surface area contributed by atoms with E-state index in [4.69, 9.17) is 5.73 Å². The second kappa shape index (κ2) is 11.6. The number of nitrogens with one attached hydrogen (secondary N) is 2. The molecule has 0 aliphatic carbocycles. The van der Waals surface area contributed by atoms with Gasteiger partial charge in [0.2, 0.25) is 0 Å². The molecule has 0 atom stereocenters. The van der Waals surface area contributed by atoms with E-state index in [1.165, 1.54) is 5.56 Å². The molecule has 2 aromatic rings. The van der Waals surface area contributed by atoms with E-state index in [1.807, 2.05) is 37.3 Å². The lowest BCUT2D eigenvalue weighted by molar-refractivity contribution is 0.0953. The summed E-state index contributed by atoms with van der Waals surface area (Å²) >= 11 is 0. The van der Waals surface area contributed by atoms with Crippen molar-refractivity contribution in [2.24, 2.45) is 10.7 Å². The van der Waals surface area contributed by atoms with Gasteiger partial charge in [-0.2, -0.15) is 0 Å². The molecule has 2 rings (SSSR count). The number of guanidine groups is 1. The molecule has 0 aliphatic rings. The first-order valence-corrected chi connectivity index (χ1v) is 9.03. The molecule has 0 saturated carbocycles. The molecule has 0 aliphatic heterocycles. The minimum atomic E-state index is -0.0609. The molecule has 5 nitrogen and oxygen atoms in total. The number of nitrogens with zero attached hydrogens (tertiary/aromatic N) is 1. The van der Waals surface area contributed by atoms with Gasteiger partial charge in [-0.1, -0.05) is 45.0 Å². The van der Waals surface area contributed by atoms with Gasteiger partial charge in [0.1, 0.15) is 0 Å². The minimum absolute atomic E-state index is 0. The lowest BCUT2D eigenvalue weighted by Gasteiger charge is -2.10. The van der Waals surface area contributed by atoms with Crippen molar-refractivity contribution in [1.29, 1.82) is 0 Å². The molecule has 146 valence electrons. The summed E-state index contributed by atoms with van der Waals surface area (Å²) in [5, 5.41) is 6.00. The quantitative estimate of drug-likeness (QED) is 0.310. The van der Waals surface area contributed by atoms with Crippen LogP contribution in [0.3, 0.4) is 0 Å². The van der Waals surface area contributed by atoms with E-state index in [9.17, 15) is 4.79 Å². The lowest BCUT2D eigenvalue weighted by atomic mass is 10.0. The largest absolute Gasteiger partial charge is 0.370 e. The molecule has 4 N–H and O–H groups in total. The van der Waals surface area contributed by atoms with Crippen LogP contribution in [0, 0.1) is 0 Å². The number of carbonyl (C=O) groups is 1. The number of hydrogen-bond acceptors (Lipinski definition) is 2. The summed E-state index contributed by atoms with van der Waals surface area (Å²) in [6, 6.07) is 15.6. The number of benzene rings is 2. The molecule has 27 heavy (non-hydrogen) atoms. The number of aliphatic imine (C=N–C) groups is 1. The molecule has 6 heteroatoms. The normalized spacial score (nSPS) is 11.0. The van der Waals surface area contributed by atoms with E-state index in [2.05, 4.69) is 41.6 Å². The Bertz CT molecular complexity index is 774. The van der Waals surface area contributed by atoms with Crippen LogP contribution in [0.4, 0.5) is 5.69 Å². The van der Waals surface area contributed by atoms with Gasteiger partial charge in [0.05, 0.1) is 6.54 Å². The molecule has 0 saturated heterocycles. The van der Waals surface area contributed by atoms with Gasteiger partial charge >= 0.3 is 0 Å². The fourth-order valence-electron chi connectivity index (χ4n) is 2.49. The van der Waals surface area contributed by atoms with Crippen molar-refractivity contribution in [1.82, 2.24) is 5.32 Å². The highest BCUT2D eigenvalue weighted by atomic mass is 127. The molecule has 0 fully saturated rings. The fraction of sp³-hybridized carbons (Fsp3) is 0.333. The number of nitrogens with two attached hydrogens (primary N) is 1. The van der Waals surface area contributed by atoms with Crippen molar-refractivity contribution in [2.45, 2.75) is 39.7 Å². The number of hydrogen-bond donors (Lipinski definition) is 3. The smallest absolute Gasteiger partial charge is 0.251 e. The topological polar surface area (TPSA) is 79.5 Å². The fourth-order valence-corrected chi connectivity index (χ4v) is 2.49. The summed E-state index contributed by atoms with van der Waals surface area (Å²) in [4.78, 5) is 16.4. The van der Waals surface area contributed by atoms with Crippen molar-refractivity contribution in [3.63, 3.8) is 0 Å². The van der Waals surface area contributed by atoms with Gasteiger partial charge in [0.25, 0.3) is 5.91 Å². The average molecular weight is 480 g/mol. The Morgan fingerprint density at radius 1 is 1.15 bits per heavy atom. The SMILES string of the molecule is CCCNC(=O)c1cccc(CN=C(N)Nc2cccc(C(C)C)c2)c1.I. The van der Waals surface area contributed by atoms with Crippen LogP contribution in [0.5, 0.6) is 0 Å². The highest BCUT2D eigenvalue weighted by molar-refractivity contribution is 14.0. The van der Waals surface area contributed by atoms with Crippen molar-refractivity contribution in [2.75, 3.05) is 11.9 Å². The average Bonchev–Trinajstić information content (AvgIpc) is 2.65. The predicted octanol–water partition coefficient (Wildman–Crippen LogP) is 4.49. The molecule has 1 amide bonds. The van der Waals surface area contributed by atoms with E-state index in [0.717, 1.165) is 17.7 Å². The number of amides is 1. The molecule has 0 heterocycles. The monoisotopic (exact) mass is 480 g/mol. The van der Waals surface area contributed by atoms with Crippen LogP contribution in [-0.2, 0) is 6.54 Å². The second-order valence-electron chi connectivity index (χ2n) is 6.56. The predicted molar refractivity (Wildman–Crippen MR) is 124 cm³/mol. The van der Waals surface area contributed by atoms with E-state index in [0.29, 0.717) is 30.5 Å². The van der Waals surface area contributed by atoms with E-state index < -0.39 is 0 Å².